The first-order valence-electron chi connectivity index (χ1n) is 10.2. The quantitative estimate of drug-likeness (QED) is 0.424. The Morgan fingerprint density at radius 3 is 2.59 bits per heavy atom. The number of hydrogen-bond donors (Lipinski definition) is 0. The second-order valence-corrected chi connectivity index (χ2v) is 7.93. The summed E-state index contributed by atoms with van der Waals surface area (Å²) in [6, 6.07) is 10.7. The molecule has 8 heteroatoms. The Morgan fingerprint density at radius 2 is 1.84 bits per heavy atom. The van der Waals surface area contributed by atoms with E-state index >= 15 is 0 Å². The number of halogens is 3. The number of amides is 1. The van der Waals surface area contributed by atoms with E-state index < -0.39 is 17.5 Å². The lowest BCUT2D eigenvalue weighted by Crippen LogP contribution is -2.38. The normalized spacial score (nSPS) is 15.8. The first-order valence-corrected chi connectivity index (χ1v) is 10.2. The average Bonchev–Trinajstić information content (AvgIpc) is 3.13. The first-order chi connectivity index (χ1) is 15.3. The summed E-state index contributed by atoms with van der Waals surface area (Å²) in [5.74, 6) is -4.12. The first kappa shape index (κ1) is 20.2. The van der Waals surface area contributed by atoms with Crippen LogP contribution >= 0.6 is 0 Å². The van der Waals surface area contributed by atoms with Crippen LogP contribution in [0.25, 0.3) is 22.2 Å². The lowest BCUT2D eigenvalue weighted by atomic mass is 9.95. The van der Waals surface area contributed by atoms with Crippen molar-refractivity contribution in [2.24, 2.45) is 7.05 Å². The number of hydrogen-bond acceptors (Lipinski definition) is 3. The number of fused-ring (bicyclic) bond motifs is 2. The predicted molar refractivity (Wildman–Crippen MR) is 113 cm³/mol. The van der Waals surface area contributed by atoms with Crippen molar-refractivity contribution in [1.29, 1.82) is 0 Å². The van der Waals surface area contributed by atoms with Gasteiger partial charge in [0.2, 0.25) is 0 Å². The Balaban J connectivity index is 1.51. The standard InChI is InChI=1S/C24H19F3N4O/c1-13-22-17(23(30(2)29-22)16-11-18(25)21(27)19(26)12-16)7-9-31(13)24(32)15-5-6-20-14(10-15)4-3-8-28-20/h3-6,8,10-13H,7,9H2,1-2H3. The number of carbonyl (C=O) groups is 1. The van der Waals surface area contributed by atoms with Gasteiger partial charge < -0.3 is 4.90 Å². The maximum Gasteiger partial charge on any atom is 0.254 e. The molecule has 0 saturated carbocycles. The van der Waals surface area contributed by atoms with Crippen LogP contribution in [0.5, 0.6) is 0 Å². The van der Waals surface area contributed by atoms with Crippen LogP contribution in [0.3, 0.4) is 0 Å². The van der Waals surface area contributed by atoms with Crippen molar-refractivity contribution in [3.8, 4) is 11.3 Å². The van der Waals surface area contributed by atoms with E-state index in [-0.39, 0.29) is 17.5 Å². The largest absolute Gasteiger partial charge is 0.330 e. The predicted octanol–water partition coefficient (Wildman–Crippen LogP) is 4.81. The third kappa shape index (κ3) is 3.14. The Labute approximate surface area is 182 Å². The zero-order valence-corrected chi connectivity index (χ0v) is 17.4. The second kappa shape index (κ2) is 7.47. The SMILES string of the molecule is CC1c2nn(C)c(-c3cc(F)c(F)c(F)c3)c2CCN1C(=O)c1ccc2ncccc2c1. The van der Waals surface area contributed by atoms with Crippen molar-refractivity contribution in [2.45, 2.75) is 19.4 Å². The average molecular weight is 436 g/mol. The van der Waals surface area contributed by atoms with Crippen LogP contribution in [-0.4, -0.2) is 32.1 Å². The van der Waals surface area contributed by atoms with Gasteiger partial charge in [0.25, 0.3) is 5.91 Å². The molecule has 2 aromatic heterocycles. The van der Waals surface area contributed by atoms with E-state index in [1.54, 1.807) is 24.2 Å². The lowest BCUT2D eigenvalue weighted by Gasteiger charge is -2.33. The van der Waals surface area contributed by atoms with Gasteiger partial charge in [-0.2, -0.15) is 5.10 Å². The van der Waals surface area contributed by atoms with E-state index in [9.17, 15) is 18.0 Å². The molecule has 0 N–H and O–H groups in total. The highest BCUT2D eigenvalue weighted by Gasteiger charge is 2.33. The van der Waals surface area contributed by atoms with Gasteiger partial charge in [0.05, 0.1) is 22.9 Å². The topological polar surface area (TPSA) is 51.0 Å². The van der Waals surface area contributed by atoms with E-state index in [0.717, 1.165) is 28.6 Å². The third-order valence-corrected chi connectivity index (χ3v) is 6.01. The summed E-state index contributed by atoms with van der Waals surface area (Å²) < 4.78 is 42.6. The molecule has 1 aliphatic heterocycles. The monoisotopic (exact) mass is 436 g/mol. The van der Waals surface area contributed by atoms with E-state index in [2.05, 4.69) is 10.1 Å². The van der Waals surface area contributed by atoms with E-state index in [1.807, 2.05) is 31.2 Å². The van der Waals surface area contributed by atoms with Gasteiger partial charge in [0, 0.05) is 41.9 Å². The summed E-state index contributed by atoms with van der Waals surface area (Å²) in [6.07, 6.45) is 2.17. The number of aromatic nitrogens is 3. The molecule has 0 fully saturated rings. The highest BCUT2D eigenvalue weighted by Crippen LogP contribution is 2.37. The zero-order valence-electron chi connectivity index (χ0n) is 17.4. The van der Waals surface area contributed by atoms with Gasteiger partial charge in [0.15, 0.2) is 17.5 Å². The van der Waals surface area contributed by atoms with Gasteiger partial charge >= 0.3 is 0 Å². The van der Waals surface area contributed by atoms with Crippen molar-refractivity contribution < 1.29 is 18.0 Å². The molecule has 0 bridgehead atoms. The molecule has 0 aliphatic carbocycles. The fourth-order valence-electron chi connectivity index (χ4n) is 4.45. The van der Waals surface area contributed by atoms with Gasteiger partial charge in [-0.15, -0.1) is 0 Å². The molecule has 5 nitrogen and oxygen atoms in total. The molecular weight excluding hydrogens is 417 g/mol. The Bertz CT molecular complexity index is 1360. The molecule has 162 valence electrons. The number of rotatable bonds is 2. The minimum Gasteiger partial charge on any atom is -0.330 e. The molecule has 32 heavy (non-hydrogen) atoms. The molecule has 0 saturated heterocycles. The van der Waals surface area contributed by atoms with Crippen LogP contribution in [0.2, 0.25) is 0 Å². The van der Waals surface area contributed by atoms with Crippen LogP contribution in [0, 0.1) is 17.5 Å². The third-order valence-electron chi connectivity index (χ3n) is 6.01. The summed E-state index contributed by atoms with van der Waals surface area (Å²) in [6.45, 7) is 2.30. The lowest BCUT2D eigenvalue weighted by molar-refractivity contribution is 0.0674. The van der Waals surface area contributed by atoms with Crippen LogP contribution in [-0.2, 0) is 13.5 Å². The number of pyridine rings is 1. The van der Waals surface area contributed by atoms with E-state index in [1.165, 1.54) is 4.68 Å². The molecule has 1 aliphatic rings. The Kier molecular flexibility index (Phi) is 4.73. The smallest absolute Gasteiger partial charge is 0.254 e. The van der Waals surface area contributed by atoms with Crippen molar-refractivity contribution in [2.75, 3.05) is 6.54 Å². The van der Waals surface area contributed by atoms with Gasteiger partial charge in [-0.25, -0.2) is 13.2 Å². The summed E-state index contributed by atoms with van der Waals surface area (Å²) in [5, 5.41) is 5.42. The summed E-state index contributed by atoms with van der Waals surface area (Å²) >= 11 is 0. The molecule has 0 spiro atoms. The Hall–Kier alpha value is -3.68. The maximum absolute atomic E-state index is 13.8. The van der Waals surface area contributed by atoms with Crippen molar-refractivity contribution in [3.63, 3.8) is 0 Å². The highest BCUT2D eigenvalue weighted by molar-refractivity contribution is 5.98. The van der Waals surface area contributed by atoms with Gasteiger partial charge in [-0.1, -0.05) is 6.07 Å². The molecule has 1 amide bonds. The molecule has 2 aromatic carbocycles. The molecule has 5 rings (SSSR count). The van der Waals surface area contributed by atoms with Gasteiger partial charge in [0.1, 0.15) is 0 Å². The minimum absolute atomic E-state index is 0.125. The maximum atomic E-state index is 13.8. The highest BCUT2D eigenvalue weighted by atomic mass is 19.2. The van der Waals surface area contributed by atoms with Crippen LogP contribution in [0.15, 0.2) is 48.7 Å². The number of nitrogens with zero attached hydrogens (tertiary/aromatic N) is 4. The van der Waals surface area contributed by atoms with Crippen molar-refractivity contribution in [1.82, 2.24) is 19.7 Å². The van der Waals surface area contributed by atoms with Crippen molar-refractivity contribution >= 4 is 16.8 Å². The van der Waals surface area contributed by atoms with Crippen LogP contribution in [0.1, 0.15) is 34.6 Å². The fraction of sp³-hybridized carbons (Fsp3) is 0.208. The second-order valence-electron chi connectivity index (χ2n) is 7.93. The van der Waals surface area contributed by atoms with Crippen LogP contribution < -0.4 is 0 Å². The summed E-state index contributed by atoms with van der Waals surface area (Å²) in [5.41, 5.74) is 3.57. The van der Waals surface area contributed by atoms with Crippen molar-refractivity contribution in [3.05, 3.63) is 82.9 Å². The van der Waals surface area contributed by atoms with E-state index in [0.29, 0.717) is 29.9 Å². The molecule has 4 aromatic rings. The Morgan fingerprint density at radius 1 is 1.09 bits per heavy atom. The molecule has 1 atom stereocenters. The minimum atomic E-state index is -1.50. The van der Waals surface area contributed by atoms with Gasteiger partial charge in [-0.3, -0.25) is 14.5 Å². The van der Waals surface area contributed by atoms with Crippen LogP contribution in [0.4, 0.5) is 13.2 Å². The number of benzene rings is 2. The molecular formula is C24H19F3N4O. The van der Waals surface area contributed by atoms with E-state index in [4.69, 9.17) is 0 Å². The summed E-state index contributed by atoms with van der Waals surface area (Å²) in [4.78, 5) is 19.3. The molecule has 1 unspecified atom stereocenters. The number of aryl methyl sites for hydroxylation is 1. The summed E-state index contributed by atoms with van der Waals surface area (Å²) in [7, 11) is 1.67. The fourth-order valence-corrected chi connectivity index (χ4v) is 4.45. The van der Waals surface area contributed by atoms with Gasteiger partial charge in [-0.05, 0) is 49.7 Å². The molecule has 3 heterocycles. The zero-order chi connectivity index (χ0) is 22.6. The molecule has 0 radical (unpaired) electrons. The number of carbonyl (C=O) groups excluding carboxylic acids is 1.